The Morgan fingerprint density at radius 2 is 1.77 bits per heavy atom. The molecule has 4 heteroatoms. The Balaban J connectivity index is 2.06. The van der Waals surface area contributed by atoms with E-state index in [9.17, 15) is 9.59 Å². The first-order valence-corrected chi connectivity index (χ1v) is 8.74. The summed E-state index contributed by atoms with van der Waals surface area (Å²) in [7, 11) is 1.61. The Hall–Kier alpha value is -2.88. The van der Waals surface area contributed by atoms with E-state index in [0.29, 0.717) is 6.61 Å². The summed E-state index contributed by atoms with van der Waals surface area (Å²) in [6.07, 6.45) is 1.88. The summed E-state index contributed by atoms with van der Waals surface area (Å²) in [5.74, 6) is -0.306. The normalized spacial score (nSPS) is 19.6. The molecule has 134 valence electrons. The van der Waals surface area contributed by atoms with Crippen molar-refractivity contribution in [2.24, 2.45) is 5.92 Å². The number of hydrogen-bond acceptors (Lipinski definition) is 4. The predicted molar refractivity (Wildman–Crippen MR) is 99.9 cm³/mol. The van der Waals surface area contributed by atoms with Crippen molar-refractivity contribution in [3.8, 4) is 5.75 Å². The Kier molecular flexibility index (Phi) is 5.52. The fourth-order valence-corrected chi connectivity index (χ4v) is 3.45. The monoisotopic (exact) mass is 350 g/mol. The summed E-state index contributed by atoms with van der Waals surface area (Å²) >= 11 is 0. The van der Waals surface area contributed by atoms with Crippen LogP contribution in [0.4, 0.5) is 0 Å². The van der Waals surface area contributed by atoms with Crippen LogP contribution in [0.5, 0.6) is 5.75 Å². The Morgan fingerprint density at radius 3 is 2.38 bits per heavy atom. The first-order chi connectivity index (χ1) is 12.6. The number of ether oxygens (including phenoxy) is 2. The largest absolute Gasteiger partial charge is 0.497 e. The number of ketones is 1. The van der Waals surface area contributed by atoms with Crippen molar-refractivity contribution in [3.63, 3.8) is 0 Å². The molecule has 0 saturated heterocycles. The lowest BCUT2D eigenvalue weighted by molar-refractivity contribution is -0.146. The Morgan fingerprint density at radius 1 is 1.08 bits per heavy atom. The van der Waals surface area contributed by atoms with Gasteiger partial charge in [-0.15, -0.1) is 0 Å². The van der Waals surface area contributed by atoms with Crippen LogP contribution in [-0.4, -0.2) is 25.5 Å². The molecule has 4 nitrogen and oxygen atoms in total. The molecule has 2 aromatic rings. The highest BCUT2D eigenvalue weighted by atomic mass is 16.5. The number of carbonyl (C=O) groups is 2. The second-order valence-electron chi connectivity index (χ2n) is 6.25. The van der Waals surface area contributed by atoms with Crippen LogP contribution in [0.3, 0.4) is 0 Å². The highest BCUT2D eigenvalue weighted by Gasteiger charge is 2.39. The molecule has 3 rings (SSSR count). The average molecular weight is 350 g/mol. The molecule has 0 aromatic heterocycles. The van der Waals surface area contributed by atoms with Gasteiger partial charge in [0.1, 0.15) is 5.75 Å². The van der Waals surface area contributed by atoms with E-state index in [-0.39, 0.29) is 24.1 Å². The smallest absolute Gasteiger partial charge is 0.314 e. The number of esters is 1. The molecule has 0 saturated carbocycles. The van der Waals surface area contributed by atoms with Crippen molar-refractivity contribution in [1.82, 2.24) is 0 Å². The van der Waals surface area contributed by atoms with E-state index in [0.717, 1.165) is 22.4 Å². The standard InChI is InChI=1S/C22H22O4/c1-3-26-22(24)21-19(15-7-5-4-6-8-15)13-17(23)14-20(21)16-9-11-18(25-2)12-10-16/h4-13,20-21H,3,14H2,1-2H3/t20-,21+/m0/s1. The van der Waals surface area contributed by atoms with E-state index < -0.39 is 5.92 Å². The van der Waals surface area contributed by atoms with Crippen LogP contribution in [0.15, 0.2) is 60.7 Å². The van der Waals surface area contributed by atoms with Gasteiger partial charge in [-0.3, -0.25) is 9.59 Å². The first kappa shape index (κ1) is 17.9. The molecule has 1 aliphatic rings. The van der Waals surface area contributed by atoms with Gasteiger partial charge in [0.2, 0.25) is 0 Å². The van der Waals surface area contributed by atoms with Crippen LogP contribution in [0.25, 0.3) is 5.57 Å². The molecular weight excluding hydrogens is 328 g/mol. The van der Waals surface area contributed by atoms with Crippen LogP contribution in [0.1, 0.15) is 30.4 Å². The third kappa shape index (κ3) is 3.69. The Labute approximate surface area is 153 Å². The van der Waals surface area contributed by atoms with Crippen molar-refractivity contribution in [1.29, 1.82) is 0 Å². The van der Waals surface area contributed by atoms with Gasteiger partial charge in [0.25, 0.3) is 0 Å². The van der Waals surface area contributed by atoms with Gasteiger partial charge in [0.05, 0.1) is 19.6 Å². The van der Waals surface area contributed by atoms with Gasteiger partial charge in [0, 0.05) is 12.3 Å². The molecule has 1 aliphatic carbocycles. The maximum atomic E-state index is 12.8. The van der Waals surface area contributed by atoms with E-state index in [1.165, 1.54) is 0 Å². The molecule has 0 unspecified atom stereocenters. The van der Waals surface area contributed by atoms with Gasteiger partial charge >= 0.3 is 5.97 Å². The summed E-state index contributed by atoms with van der Waals surface area (Å²) in [6.45, 7) is 2.10. The van der Waals surface area contributed by atoms with E-state index in [2.05, 4.69) is 0 Å². The summed E-state index contributed by atoms with van der Waals surface area (Å²) in [6, 6.07) is 17.1. The van der Waals surface area contributed by atoms with E-state index in [1.54, 1.807) is 20.1 Å². The summed E-state index contributed by atoms with van der Waals surface area (Å²) in [5, 5.41) is 0. The molecule has 0 bridgehead atoms. The maximum absolute atomic E-state index is 12.8. The van der Waals surface area contributed by atoms with Crippen molar-refractivity contribution in [2.45, 2.75) is 19.3 Å². The molecule has 0 radical (unpaired) electrons. The number of methoxy groups -OCH3 is 1. The second-order valence-corrected chi connectivity index (χ2v) is 6.25. The minimum Gasteiger partial charge on any atom is -0.497 e. The van der Waals surface area contributed by atoms with Gasteiger partial charge in [-0.2, -0.15) is 0 Å². The van der Waals surface area contributed by atoms with Gasteiger partial charge in [-0.05, 0) is 41.8 Å². The van der Waals surface area contributed by atoms with Crippen molar-refractivity contribution in [3.05, 3.63) is 71.8 Å². The predicted octanol–water partition coefficient (Wildman–Crippen LogP) is 4.01. The molecule has 0 spiro atoms. The molecule has 0 N–H and O–H groups in total. The van der Waals surface area contributed by atoms with Gasteiger partial charge in [0.15, 0.2) is 5.78 Å². The van der Waals surface area contributed by atoms with E-state index in [1.807, 2.05) is 54.6 Å². The van der Waals surface area contributed by atoms with Crippen LogP contribution in [0.2, 0.25) is 0 Å². The van der Waals surface area contributed by atoms with Gasteiger partial charge in [-0.25, -0.2) is 0 Å². The minimum absolute atomic E-state index is 0.0187. The van der Waals surface area contributed by atoms with Crippen molar-refractivity contribution < 1.29 is 19.1 Å². The van der Waals surface area contributed by atoms with E-state index in [4.69, 9.17) is 9.47 Å². The van der Waals surface area contributed by atoms with Crippen molar-refractivity contribution in [2.75, 3.05) is 13.7 Å². The molecule has 0 heterocycles. The molecule has 0 amide bonds. The average Bonchev–Trinajstić information content (AvgIpc) is 2.68. The third-order valence-corrected chi connectivity index (χ3v) is 4.67. The lowest BCUT2D eigenvalue weighted by atomic mass is 9.72. The number of benzene rings is 2. The fourth-order valence-electron chi connectivity index (χ4n) is 3.45. The molecule has 0 fully saturated rings. The highest BCUT2D eigenvalue weighted by molar-refractivity contribution is 6.04. The SMILES string of the molecule is CCOC(=O)[C@@H]1C(c2ccccc2)=CC(=O)C[C@H]1c1ccc(OC)cc1. The zero-order chi connectivity index (χ0) is 18.5. The quantitative estimate of drug-likeness (QED) is 0.765. The highest BCUT2D eigenvalue weighted by Crippen LogP contribution is 2.42. The molecule has 2 aromatic carbocycles. The number of carbonyl (C=O) groups excluding carboxylic acids is 2. The van der Waals surface area contributed by atoms with Crippen LogP contribution < -0.4 is 4.74 Å². The molecular formula is C22H22O4. The summed E-state index contributed by atoms with van der Waals surface area (Å²) < 4.78 is 10.6. The lowest BCUT2D eigenvalue weighted by Gasteiger charge is -2.31. The fraction of sp³-hybridized carbons (Fsp3) is 0.273. The number of hydrogen-bond donors (Lipinski definition) is 0. The number of rotatable bonds is 5. The number of allylic oxidation sites excluding steroid dienone is 1. The third-order valence-electron chi connectivity index (χ3n) is 4.67. The summed E-state index contributed by atoms with van der Waals surface area (Å²) in [5.41, 5.74) is 2.52. The van der Waals surface area contributed by atoms with Gasteiger partial charge in [-0.1, -0.05) is 42.5 Å². The first-order valence-electron chi connectivity index (χ1n) is 8.74. The second kappa shape index (κ2) is 8.00. The zero-order valence-corrected chi connectivity index (χ0v) is 15.0. The van der Waals surface area contributed by atoms with Crippen LogP contribution in [0, 0.1) is 5.92 Å². The zero-order valence-electron chi connectivity index (χ0n) is 15.0. The summed E-state index contributed by atoms with van der Waals surface area (Å²) in [4.78, 5) is 25.2. The molecule has 2 atom stereocenters. The van der Waals surface area contributed by atoms with E-state index >= 15 is 0 Å². The Bertz CT molecular complexity index is 806. The van der Waals surface area contributed by atoms with Crippen LogP contribution in [-0.2, 0) is 14.3 Å². The minimum atomic E-state index is -0.511. The van der Waals surface area contributed by atoms with Crippen LogP contribution >= 0.6 is 0 Å². The maximum Gasteiger partial charge on any atom is 0.314 e. The van der Waals surface area contributed by atoms with Gasteiger partial charge < -0.3 is 9.47 Å². The van der Waals surface area contributed by atoms with Crippen molar-refractivity contribution >= 4 is 17.3 Å². The molecule has 0 aliphatic heterocycles. The lowest BCUT2D eigenvalue weighted by Crippen LogP contribution is -2.31. The topological polar surface area (TPSA) is 52.6 Å². The molecule has 26 heavy (non-hydrogen) atoms.